The fraction of sp³-hybridized carbons (Fsp3) is 0.294. The fourth-order valence-electron chi connectivity index (χ4n) is 2.91. The molecule has 0 aliphatic heterocycles. The monoisotopic (exact) mass is 272 g/mol. The summed E-state index contributed by atoms with van der Waals surface area (Å²) >= 11 is 6.60. The minimum Gasteiger partial charge on any atom is -0.497 e. The molecule has 0 spiro atoms. The molecular weight excluding hydrogens is 256 g/mol. The number of benzene rings is 2. The quantitative estimate of drug-likeness (QED) is 0.753. The van der Waals surface area contributed by atoms with Crippen molar-refractivity contribution in [3.05, 3.63) is 65.2 Å². The van der Waals surface area contributed by atoms with Gasteiger partial charge in [-0.1, -0.05) is 36.4 Å². The lowest BCUT2D eigenvalue weighted by Gasteiger charge is -2.14. The normalized spacial score (nSPS) is 21.2. The van der Waals surface area contributed by atoms with Gasteiger partial charge >= 0.3 is 0 Å². The Morgan fingerprint density at radius 1 is 1.16 bits per heavy atom. The van der Waals surface area contributed by atoms with E-state index >= 15 is 0 Å². The van der Waals surface area contributed by atoms with E-state index in [1.54, 1.807) is 7.11 Å². The van der Waals surface area contributed by atoms with Gasteiger partial charge < -0.3 is 4.74 Å². The van der Waals surface area contributed by atoms with Gasteiger partial charge in [0.25, 0.3) is 0 Å². The lowest BCUT2D eigenvalue weighted by Crippen LogP contribution is -2.06. The van der Waals surface area contributed by atoms with Gasteiger partial charge in [-0.3, -0.25) is 0 Å². The second-order valence-corrected chi connectivity index (χ2v) is 5.59. The standard InChI is InChI=1S/C17H17ClO/c1-19-15-7-4-5-12(10-15)9-14-11-13-6-2-3-8-16(13)17(14)18/h2-8,10,14,17H,9,11H2,1H3. The van der Waals surface area contributed by atoms with Gasteiger partial charge in [-0.15, -0.1) is 11.6 Å². The molecule has 98 valence electrons. The number of fused-ring (bicyclic) bond motifs is 1. The first kappa shape index (κ1) is 12.6. The second-order valence-electron chi connectivity index (χ2n) is 5.12. The minimum absolute atomic E-state index is 0.127. The zero-order chi connectivity index (χ0) is 13.2. The molecule has 0 N–H and O–H groups in total. The first-order valence-corrected chi connectivity index (χ1v) is 7.06. The molecular formula is C17H17ClO. The van der Waals surface area contributed by atoms with Crippen LogP contribution in [0.4, 0.5) is 0 Å². The van der Waals surface area contributed by atoms with Crippen LogP contribution in [-0.2, 0) is 12.8 Å². The van der Waals surface area contributed by atoms with Gasteiger partial charge in [0.15, 0.2) is 0 Å². The average molecular weight is 273 g/mol. The summed E-state index contributed by atoms with van der Waals surface area (Å²) < 4.78 is 5.27. The molecule has 0 amide bonds. The third kappa shape index (κ3) is 2.48. The Kier molecular flexibility index (Phi) is 3.48. The number of hydrogen-bond donors (Lipinski definition) is 0. The highest BCUT2D eigenvalue weighted by Gasteiger charge is 2.30. The van der Waals surface area contributed by atoms with Gasteiger partial charge in [0.05, 0.1) is 12.5 Å². The molecule has 0 saturated heterocycles. The van der Waals surface area contributed by atoms with E-state index in [-0.39, 0.29) is 5.38 Å². The highest BCUT2D eigenvalue weighted by Crippen LogP contribution is 2.42. The van der Waals surface area contributed by atoms with Crippen LogP contribution in [0.15, 0.2) is 48.5 Å². The summed E-state index contributed by atoms with van der Waals surface area (Å²) in [7, 11) is 1.70. The van der Waals surface area contributed by atoms with Crippen LogP contribution in [0, 0.1) is 5.92 Å². The molecule has 0 saturated carbocycles. The van der Waals surface area contributed by atoms with Crippen molar-refractivity contribution >= 4 is 11.6 Å². The lowest BCUT2D eigenvalue weighted by atomic mass is 9.96. The number of hydrogen-bond acceptors (Lipinski definition) is 1. The first-order chi connectivity index (χ1) is 9.28. The molecule has 1 aliphatic rings. The smallest absolute Gasteiger partial charge is 0.119 e. The molecule has 0 radical (unpaired) electrons. The molecule has 2 aromatic rings. The fourth-order valence-corrected chi connectivity index (χ4v) is 3.30. The van der Waals surface area contributed by atoms with Crippen LogP contribution in [0.3, 0.4) is 0 Å². The van der Waals surface area contributed by atoms with Crippen molar-refractivity contribution in [3.8, 4) is 5.75 Å². The van der Waals surface area contributed by atoms with Crippen LogP contribution in [0.25, 0.3) is 0 Å². The summed E-state index contributed by atoms with van der Waals surface area (Å²) in [5, 5.41) is 0.127. The van der Waals surface area contributed by atoms with Crippen LogP contribution in [-0.4, -0.2) is 7.11 Å². The molecule has 2 heteroatoms. The summed E-state index contributed by atoms with van der Waals surface area (Å²) in [6, 6.07) is 16.8. The molecule has 1 nitrogen and oxygen atoms in total. The molecule has 2 unspecified atom stereocenters. The molecule has 0 heterocycles. The van der Waals surface area contributed by atoms with E-state index in [2.05, 4.69) is 36.4 Å². The van der Waals surface area contributed by atoms with E-state index in [1.165, 1.54) is 16.7 Å². The van der Waals surface area contributed by atoms with Crippen LogP contribution in [0.1, 0.15) is 22.1 Å². The molecule has 0 fully saturated rings. The Morgan fingerprint density at radius 2 is 2.00 bits per heavy atom. The van der Waals surface area contributed by atoms with Crippen LogP contribution in [0.2, 0.25) is 0 Å². The first-order valence-electron chi connectivity index (χ1n) is 6.62. The number of halogens is 1. The van der Waals surface area contributed by atoms with E-state index in [1.807, 2.05) is 12.1 Å². The van der Waals surface area contributed by atoms with Gasteiger partial charge in [-0.25, -0.2) is 0 Å². The molecule has 3 rings (SSSR count). The largest absolute Gasteiger partial charge is 0.497 e. The summed E-state index contributed by atoms with van der Waals surface area (Å²) in [4.78, 5) is 0. The van der Waals surface area contributed by atoms with Gasteiger partial charge in [0.2, 0.25) is 0 Å². The van der Waals surface area contributed by atoms with Crippen molar-refractivity contribution in [3.63, 3.8) is 0 Å². The van der Waals surface area contributed by atoms with Gasteiger partial charge in [-0.05, 0) is 47.6 Å². The maximum atomic E-state index is 6.60. The highest BCUT2D eigenvalue weighted by molar-refractivity contribution is 6.21. The topological polar surface area (TPSA) is 9.23 Å². The van der Waals surface area contributed by atoms with Crippen LogP contribution < -0.4 is 4.74 Å². The predicted molar refractivity (Wildman–Crippen MR) is 78.9 cm³/mol. The van der Waals surface area contributed by atoms with E-state index in [4.69, 9.17) is 16.3 Å². The van der Waals surface area contributed by atoms with Crippen molar-refractivity contribution in [1.82, 2.24) is 0 Å². The maximum Gasteiger partial charge on any atom is 0.119 e. The van der Waals surface area contributed by atoms with Crippen molar-refractivity contribution in [2.45, 2.75) is 18.2 Å². The van der Waals surface area contributed by atoms with Crippen molar-refractivity contribution in [1.29, 1.82) is 0 Å². The Morgan fingerprint density at radius 3 is 2.79 bits per heavy atom. The average Bonchev–Trinajstić information content (AvgIpc) is 2.76. The van der Waals surface area contributed by atoms with Gasteiger partial charge in [0.1, 0.15) is 5.75 Å². The molecule has 0 bridgehead atoms. The summed E-state index contributed by atoms with van der Waals surface area (Å²) in [5.74, 6) is 1.39. The number of ether oxygens (including phenoxy) is 1. The molecule has 2 aromatic carbocycles. The van der Waals surface area contributed by atoms with E-state index in [0.717, 1.165) is 18.6 Å². The van der Waals surface area contributed by atoms with Crippen molar-refractivity contribution in [2.75, 3.05) is 7.11 Å². The molecule has 0 aromatic heterocycles. The Bertz CT molecular complexity index is 579. The lowest BCUT2D eigenvalue weighted by molar-refractivity contribution is 0.413. The maximum absolute atomic E-state index is 6.60. The van der Waals surface area contributed by atoms with Gasteiger partial charge in [0, 0.05) is 0 Å². The van der Waals surface area contributed by atoms with Crippen LogP contribution in [0.5, 0.6) is 5.75 Å². The Balaban J connectivity index is 1.79. The van der Waals surface area contributed by atoms with Crippen molar-refractivity contribution in [2.24, 2.45) is 5.92 Å². The third-order valence-electron chi connectivity index (χ3n) is 3.88. The van der Waals surface area contributed by atoms with Crippen LogP contribution >= 0.6 is 11.6 Å². The predicted octanol–water partition coefficient (Wildman–Crippen LogP) is 4.39. The minimum atomic E-state index is 0.127. The second kappa shape index (κ2) is 5.26. The third-order valence-corrected chi connectivity index (χ3v) is 4.47. The number of methoxy groups -OCH3 is 1. The van der Waals surface area contributed by atoms with E-state index in [0.29, 0.717) is 5.92 Å². The molecule has 19 heavy (non-hydrogen) atoms. The zero-order valence-corrected chi connectivity index (χ0v) is 11.7. The molecule has 1 aliphatic carbocycles. The summed E-state index contributed by atoms with van der Waals surface area (Å²) in [5.41, 5.74) is 4.00. The van der Waals surface area contributed by atoms with Crippen molar-refractivity contribution < 1.29 is 4.74 Å². The summed E-state index contributed by atoms with van der Waals surface area (Å²) in [6.45, 7) is 0. The zero-order valence-electron chi connectivity index (χ0n) is 11.0. The number of rotatable bonds is 3. The van der Waals surface area contributed by atoms with Gasteiger partial charge in [-0.2, -0.15) is 0 Å². The number of alkyl halides is 1. The Hall–Kier alpha value is -1.47. The van der Waals surface area contributed by atoms with E-state index in [9.17, 15) is 0 Å². The SMILES string of the molecule is COc1cccc(CC2Cc3ccccc3C2Cl)c1. The Labute approximate surface area is 119 Å². The summed E-state index contributed by atoms with van der Waals surface area (Å²) in [6.07, 6.45) is 2.07. The highest BCUT2D eigenvalue weighted by atomic mass is 35.5. The van der Waals surface area contributed by atoms with E-state index < -0.39 is 0 Å². The molecule has 2 atom stereocenters.